The third-order valence-corrected chi connectivity index (χ3v) is 6.62. The third-order valence-electron chi connectivity index (χ3n) is 3.33. The van der Waals surface area contributed by atoms with Crippen LogP contribution in [-0.2, 0) is 19.6 Å². The normalized spacial score (nSPS) is 15.1. The number of hydrogen-bond acceptors (Lipinski definition) is 7. The maximum Gasteiger partial charge on any atom is 0.270 e. The van der Waals surface area contributed by atoms with Crippen LogP contribution in [0.4, 0.5) is 0 Å². The Hall–Kier alpha value is -0.520. The molecule has 0 unspecified atom stereocenters. The molecule has 0 aromatic carbocycles. The zero-order chi connectivity index (χ0) is 17.7. The molecule has 22 heavy (non-hydrogen) atoms. The summed E-state index contributed by atoms with van der Waals surface area (Å²) in [4.78, 5) is 0. The van der Waals surface area contributed by atoms with Crippen molar-refractivity contribution >= 4 is 21.0 Å². The van der Waals surface area contributed by atoms with Gasteiger partial charge >= 0.3 is 0 Å². The van der Waals surface area contributed by atoms with Crippen LogP contribution < -0.4 is 0 Å². The van der Waals surface area contributed by atoms with E-state index in [9.17, 15) is 22.1 Å². The van der Waals surface area contributed by atoms with E-state index < -0.39 is 30.5 Å². The highest BCUT2D eigenvalue weighted by atomic mass is 32.3. The first-order valence-corrected chi connectivity index (χ1v) is 9.50. The molecule has 0 radical (unpaired) electrons. The van der Waals surface area contributed by atoms with Crippen molar-refractivity contribution in [1.29, 1.82) is 0 Å². The second kappa shape index (κ2) is 7.84. The smallest absolute Gasteiger partial charge is 0.270 e. The fourth-order valence-corrected chi connectivity index (χ4v) is 1.79. The molecule has 0 rings (SSSR count). The summed E-state index contributed by atoms with van der Waals surface area (Å²) >= 11 is 0. The molecule has 0 fully saturated rings. The monoisotopic (exact) mass is 362 g/mol. The second-order valence-electron chi connectivity index (χ2n) is 6.03. The summed E-state index contributed by atoms with van der Waals surface area (Å²) in [5, 5.41) is 0. The first-order valence-electron chi connectivity index (χ1n) is 6.56. The molecule has 0 heterocycles. The van der Waals surface area contributed by atoms with Gasteiger partial charge in [0.1, 0.15) is 12.5 Å². The summed E-state index contributed by atoms with van der Waals surface area (Å²) in [5.74, 6) is 0. The van der Waals surface area contributed by atoms with Gasteiger partial charge in [-0.25, -0.2) is 0 Å². The van der Waals surface area contributed by atoms with Crippen molar-refractivity contribution < 1.29 is 36.1 Å². The van der Waals surface area contributed by atoms with Gasteiger partial charge in [-0.1, -0.05) is 0 Å². The van der Waals surface area contributed by atoms with Gasteiger partial charge in [-0.15, -0.1) is 0 Å². The molecular formula is C12H26O8S2. The predicted molar refractivity (Wildman–Crippen MR) is 85.5 cm³/mol. The Bertz CT molecular complexity index is 462. The molecule has 134 valence electrons. The van der Waals surface area contributed by atoms with Crippen molar-refractivity contribution in [2.75, 3.05) is 13.2 Å². The van der Waals surface area contributed by atoms with Crippen molar-refractivity contribution in [3.63, 3.8) is 0 Å². The highest BCUT2D eigenvalue weighted by molar-refractivity contribution is 8.20. The Balaban J connectivity index is 3.96. The van der Waals surface area contributed by atoms with Crippen molar-refractivity contribution in [3.05, 3.63) is 12.5 Å². The minimum absolute atomic E-state index is 0.0787. The molecule has 0 aliphatic rings. The molecule has 0 saturated carbocycles. The topological polar surface area (TPSA) is 134 Å². The lowest BCUT2D eigenvalue weighted by Gasteiger charge is -2.36. The lowest BCUT2D eigenvalue weighted by Crippen LogP contribution is -2.32. The lowest BCUT2D eigenvalue weighted by atomic mass is 10.1. The van der Waals surface area contributed by atoms with Gasteiger partial charge in [0, 0.05) is 12.8 Å². The maximum absolute atomic E-state index is 11.0. The molecule has 0 aromatic rings. The zero-order valence-electron chi connectivity index (χ0n) is 13.2. The molecule has 0 aliphatic carbocycles. The first kappa shape index (κ1) is 21.5. The molecule has 10 heteroatoms. The van der Waals surface area contributed by atoms with E-state index >= 15 is 0 Å². The van der Waals surface area contributed by atoms with Crippen LogP contribution in [0.25, 0.3) is 0 Å². The van der Waals surface area contributed by atoms with E-state index in [1.165, 1.54) is 40.2 Å². The van der Waals surface area contributed by atoms with E-state index in [1.807, 2.05) is 0 Å². The largest absolute Gasteiger partial charge is 0.498 e. The standard InChI is InChI=1S/C12H26O8S2/c1-11(2,21(13,14)15)5-7-19-9-10-20-8-6-12(3,4)22(16,17)18/h9-10,13-15H,5-8H2,1-4H3,(H,16,17,18). The van der Waals surface area contributed by atoms with Crippen LogP contribution >= 0.6 is 10.9 Å². The van der Waals surface area contributed by atoms with E-state index in [2.05, 4.69) is 0 Å². The molecule has 0 saturated heterocycles. The summed E-state index contributed by atoms with van der Waals surface area (Å²) in [6.45, 7) is 6.00. The number of ether oxygens (including phenoxy) is 2. The van der Waals surface area contributed by atoms with Crippen molar-refractivity contribution in [3.8, 4) is 0 Å². The van der Waals surface area contributed by atoms with Crippen LogP contribution in [0, 0.1) is 0 Å². The summed E-state index contributed by atoms with van der Waals surface area (Å²) in [5.41, 5.74) is 0. The minimum atomic E-state index is -4.14. The van der Waals surface area contributed by atoms with Gasteiger partial charge in [-0.05, 0) is 27.7 Å². The van der Waals surface area contributed by atoms with Crippen LogP contribution in [0.3, 0.4) is 0 Å². The molecule has 0 bridgehead atoms. The van der Waals surface area contributed by atoms with E-state index in [-0.39, 0.29) is 26.1 Å². The fourth-order valence-electron chi connectivity index (χ4n) is 1.09. The molecule has 0 atom stereocenters. The highest BCUT2D eigenvalue weighted by Crippen LogP contribution is 2.49. The average Bonchev–Trinajstić information content (AvgIpc) is 2.29. The Morgan fingerprint density at radius 3 is 1.50 bits per heavy atom. The van der Waals surface area contributed by atoms with Gasteiger partial charge < -0.3 is 23.1 Å². The SMILES string of the molecule is CC(C)(CCOC=COCCC(C)(C)S(=O)(=O)O)S(O)(O)O. The van der Waals surface area contributed by atoms with Crippen LogP contribution in [-0.4, -0.2) is 49.3 Å². The van der Waals surface area contributed by atoms with Gasteiger partial charge in [-0.3, -0.25) is 4.55 Å². The van der Waals surface area contributed by atoms with Crippen LogP contribution in [0.1, 0.15) is 40.5 Å². The number of rotatable bonds is 10. The summed E-state index contributed by atoms with van der Waals surface area (Å²) < 4.78 is 66.3. The van der Waals surface area contributed by atoms with E-state index in [0.29, 0.717) is 0 Å². The van der Waals surface area contributed by atoms with Gasteiger partial charge in [-0.2, -0.15) is 8.42 Å². The van der Waals surface area contributed by atoms with E-state index in [0.717, 1.165) is 0 Å². The lowest BCUT2D eigenvalue weighted by molar-refractivity contribution is 0.187. The second-order valence-corrected chi connectivity index (χ2v) is 10.2. The van der Waals surface area contributed by atoms with Crippen LogP contribution in [0.5, 0.6) is 0 Å². The van der Waals surface area contributed by atoms with Gasteiger partial charge in [0.05, 0.1) is 33.6 Å². The summed E-state index contributed by atoms with van der Waals surface area (Å²) in [6.07, 6.45) is 2.78. The van der Waals surface area contributed by atoms with E-state index in [1.54, 1.807) is 0 Å². The van der Waals surface area contributed by atoms with Crippen LogP contribution in [0.15, 0.2) is 12.5 Å². The number of hydrogen-bond donors (Lipinski definition) is 4. The van der Waals surface area contributed by atoms with Gasteiger partial charge in [0.2, 0.25) is 0 Å². The molecule has 0 aliphatic heterocycles. The Morgan fingerprint density at radius 1 is 0.818 bits per heavy atom. The first-order chi connectivity index (χ1) is 9.71. The summed E-state index contributed by atoms with van der Waals surface area (Å²) in [7, 11) is -7.79. The zero-order valence-corrected chi connectivity index (χ0v) is 14.9. The molecular weight excluding hydrogens is 336 g/mol. The molecule has 0 aromatic heterocycles. The third kappa shape index (κ3) is 7.16. The van der Waals surface area contributed by atoms with Crippen LogP contribution in [0.2, 0.25) is 0 Å². The Kier molecular flexibility index (Phi) is 7.66. The Morgan fingerprint density at radius 2 is 1.18 bits per heavy atom. The van der Waals surface area contributed by atoms with Crippen molar-refractivity contribution in [2.24, 2.45) is 0 Å². The summed E-state index contributed by atoms with van der Waals surface area (Å²) in [6, 6.07) is 0. The minimum Gasteiger partial charge on any atom is -0.498 e. The Labute approximate surface area is 133 Å². The average molecular weight is 362 g/mol. The van der Waals surface area contributed by atoms with Crippen molar-refractivity contribution in [1.82, 2.24) is 0 Å². The quantitative estimate of drug-likeness (QED) is 0.265. The van der Waals surface area contributed by atoms with Gasteiger partial charge in [0.25, 0.3) is 10.1 Å². The fraction of sp³-hybridized carbons (Fsp3) is 0.833. The molecule has 0 amide bonds. The van der Waals surface area contributed by atoms with Crippen molar-refractivity contribution in [2.45, 2.75) is 50.0 Å². The molecule has 4 N–H and O–H groups in total. The maximum atomic E-state index is 11.0. The highest BCUT2D eigenvalue weighted by Gasteiger charge is 2.35. The predicted octanol–water partition coefficient (Wildman–Crippen LogP) is 2.94. The van der Waals surface area contributed by atoms with E-state index in [4.69, 9.17) is 14.0 Å². The molecule has 0 spiro atoms. The van der Waals surface area contributed by atoms with Gasteiger partial charge in [0.15, 0.2) is 0 Å². The molecule has 8 nitrogen and oxygen atoms in total.